The van der Waals surface area contributed by atoms with Crippen molar-refractivity contribution in [1.29, 1.82) is 0 Å². The summed E-state index contributed by atoms with van der Waals surface area (Å²) in [5.41, 5.74) is 1.78. The van der Waals surface area contributed by atoms with Crippen LogP contribution in [0.1, 0.15) is 17.3 Å². The molecule has 1 aliphatic heterocycles. The molecule has 0 spiro atoms. The fraction of sp³-hybridized carbons (Fsp3) is 0.286. The van der Waals surface area contributed by atoms with Crippen LogP contribution in [0.25, 0.3) is 0 Å². The van der Waals surface area contributed by atoms with Crippen molar-refractivity contribution >= 4 is 6.03 Å². The number of nitrogens with zero attached hydrogens (tertiary/aromatic N) is 4. The number of ether oxygens (including phenoxy) is 2. The van der Waals surface area contributed by atoms with E-state index in [1.807, 2.05) is 60.8 Å². The van der Waals surface area contributed by atoms with Gasteiger partial charge in [-0.2, -0.15) is 0 Å². The minimum Gasteiger partial charge on any atom is -0.497 e. The molecule has 0 atom stereocenters. The van der Waals surface area contributed by atoms with Crippen LogP contribution in [-0.4, -0.2) is 46.1 Å². The summed E-state index contributed by atoms with van der Waals surface area (Å²) in [6.45, 7) is 2.06. The molecule has 1 saturated heterocycles. The molecule has 0 bridgehead atoms. The lowest BCUT2D eigenvalue weighted by atomic mass is 10.1. The number of rotatable bonds is 7. The smallest absolute Gasteiger partial charge is 0.317 e. The standard InChI is InChI=1S/C21H23N5O3/c1-28-19-9-7-16(8-10-19)11-22-21(27)25-13-18(14-25)26-12-17(23-24-26)15-29-20-5-3-2-4-6-20/h2-10,12,18H,11,13-15H2,1H3,(H,22,27). The number of carbonyl (C=O) groups is 1. The molecule has 0 radical (unpaired) electrons. The number of hydrogen-bond donors (Lipinski definition) is 1. The molecule has 2 aromatic carbocycles. The molecule has 1 aromatic heterocycles. The predicted molar refractivity (Wildman–Crippen MR) is 107 cm³/mol. The van der Waals surface area contributed by atoms with E-state index in [1.165, 1.54) is 0 Å². The number of para-hydroxylation sites is 1. The van der Waals surface area contributed by atoms with Crippen molar-refractivity contribution in [2.75, 3.05) is 20.2 Å². The highest BCUT2D eigenvalue weighted by atomic mass is 16.5. The zero-order chi connectivity index (χ0) is 20.1. The molecule has 1 aliphatic rings. The van der Waals surface area contributed by atoms with Crippen molar-refractivity contribution in [3.63, 3.8) is 0 Å². The summed E-state index contributed by atoms with van der Waals surface area (Å²) in [5.74, 6) is 1.59. The Kier molecular flexibility index (Phi) is 5.60. The molecular formula is C21H23N5O3. The van der Waals surface area contributed by atoms with E-state index < -0.39 is 0 Å². The van der Waals surface area contributed by atoms with Crippen LogP contribution in [0.3, 0.4) is 0 Å². The molecule has 2 amide bonds. The minimum absolute atomic E-state index is 0.0789. The van der Waals surface area contributed by atoms with Crippen LogP contribution in [-0.2, 0) is 13.2 Å². The van der Waals surface area contributed by atoms with E-state index in [-0.39, 0.29) is 12.1 Å². The van der Waals surface area contributed by atoms with Crippen LogP contribution in [0.5, 0.6) is 11.5 Å². The van der Waals surface area contributed by atoms with Gasteiger partial charge < -0.3 is 19.7 Å². The third-order valence-corrected chi connectivity index (χ3v) is 4.81. The molecule has 3 aromatic rings. The van der Waals surface area contributed by atoms with Gasteiger partial charge in [-0.15, -0.1) is 5.10 Å². The first-order valence-electron chi connectivity index (χ1n) is 9.45. The van der Waals surface area contributed by atoms with E-state index >= 15 is 0 Å². The Labute approximate surface area is 169 Å². The molecule has 2 heterocycles. The summed E-state index contributed by atoms with van der Waals surface area (Å²) in [6.07, 6.45) is 1.88. The van der Waals surface area contributed by atoms with Crippen molar-refractivity contribution in [2.24, 2.45) is 0 Å². The van der Waals surface area contributed by atoms with E-state index in [0.717, 1.165) is 22.8 Å². The summed E-state index contributed by atoms with van der Waals surface area (Å²) < 4.78 is 12.6. The molecule has 0 aliphatic carbocycles. The molecule has 0 unspecified atom stereocenters. The number of urea groups is 1. The fourth-order valence-corrected chi connectivity index (χ4v) is 3.05. The average Bonchev–Trinajstić information content (AvgIpc) is 3.19. The molecule has 4 rings (SSSR count). The summed E-state index contributed by atoms with van der Waals surface area (Å²) in [4.78, 5) is 14.0. The van der Waals surface area contributed by atoms with Gasteiger partial charge in [0.15, 0.2) is 0 Å². The molecule has 8 nitrogen and oxygen atoms in total. The van der Waals surface area contributed by atoms with Gasteiger partial charge in [0, 0.05) is 19.6 Å². The van der Waals surface area contributed by atoms with Crippen molar-refractivity contribution in [2.45, 2.75) is 19.2 Å². The fourth-order valence-electron chi connectivity index (χ4n) is 3.05. The zero-order valence-corrected chi connectivity index (χ0v) is 16.2. The average molecular weight is 393 g/mol. The van der Waals surface area contributed by atoms with Gasteiger partial charge in [-0.25, -0.2) is 9.48 Å². The topological polar surface area (TPSA) is 81.5 Å². The maximum atomic E-state index is 12.3. The molecule has 1 N–H and O–H groups in total. The lowest BCUT2D eigenvalue weighted by Gasteiger charge is -2.38. The maximum Gasteiger partial charge on any atom is 0.317 e. The summed E-state index contributed by atoms with van der Waals surface area (Å²) in [6, 6.07) is 17.3. The second-order valence-corrected chi connectivity index (χ2v) is 6.86. The van der Waals surface area contributed by atoms with E-state index in [4.69, 9.17) is 9.47 Å². The number of methoxy groups -OCH3 is 1. The first kappa shape index (κ1) is 18.8. The Morgan fingerprint density at radius 1 is 1.10 bits per heavy atom. The lowest BCUT2D eigenvalue weighted by molar-refractivity contribution is 0.117. The largest absolute Gasteiger partial charge is 0.497 e. The summed E-state index contributed by atoms with van der Waals surface area (Å²) in [7, 11) is 1.63. The van der Waals surface area contributed by atoms with Crippen LogP contribution in [0, 0.1) is 0 Å². The highest BCUT2D eigenvalue weighted by Gasteiger charge is 2.32. The van der Waals surface area contributed by atoms with Gasteiger partial charge >= 0.3 is 6.03 Å². The number of likely N-dealkylation sites (tertiary alicyclic amines) is 1. The van der Waals surface area contributed by atoms with Crippen LogP contribution in [0.15, 0.2) is 60.8 Å². The highest BCUT2D eigenvalue weighted by molar-refractivity contribution is 5.75. The number of nitrogens with one attached hydrogen (secondary N) is 1. The van der Waals surface area contributed by atoms with Crippen molar-refractivity contribution < 1.29 is 14.3 Å². The Balaban J connectivity index is 1.21. The van der Waals surface area contributed by atoms with Crippen LogP contribution >= 0.6 is 0 Å². The van der Waals surface area contributed by atoms with E-state index in [1.54, 1.807) is 16.7 Å². The third-order valence-electron chi connectivity index (χ3n) is 4.81. The van der Waals surface area contributed by atoms with Gasteiger partial charge in [0.05, 0.1) is 19.3 Å². The number of aromatic nitrogens is 3. The second kappa shape index (κ2) is 8.64. The van der Waals surface area contributed by atoms with Crippen molar-refractivity contribution in [3.05, 3.63) is 72.1 Å². The lowest BCUT2D eigenvalue weighted by Crippen LogP contribution is -2.54. The van der Waals surface area contributed by atoms with Crippen LogP contribution in [0.4, 0.5) is 4.79 Å². The Morgan fingerprint density at radius 3 is 2.59 bits per heavy atom. The highest BCUT2D eigenvalue weighted by Crippen LogP contribution is 2.21. The molecule has 150 valence electrons. The van der Waals surface area contributed by atoms with Gasteiger partial charge in [0.25, 0.3) is 0 Å². The summed E-state index contributed by atoms with van der Waals surface area (Å²) in [5, 5.41) is 11.3. The van der Waals surface area contributed by atoms with Crippen molar-refractivity contribution in [1.82, 2.24) is 25.2 Å². The van der Waals surface area contributed by atoms with E-state index in [9.17, 15) is 4.79 Å². The van der Waals surface area contributed by atoms with Gasteiger partial charge in [-0.3, -0.25) is 0 Å². The third kappa shape index (κ3) is 4.66. The van der Waals surface area contributed by atoms with E-state index in [0.29, 0.717) is 26.2 Å². The minimum atomic E-state index is -0.0789. The number of benzene rings is 2. The SMILES string of the molecule is COc1ccc(CNC(=O)N2CC(n3cc(COc4ccccc4)nn3)C2)cc1. The quantitative estimate of drug-likeness (QED) is 0.667. The number of amides is 2. The van der Waals surface area contributed by atoms with Gasteiger partial charge in [0.2, 0.25) is 0 Å². The Bertz CT molecular complexity index is 936. The molecule has 1 fully saturated rings. The second-order valence-electron chi connectivity index (χ2n) is 6.86. The predicted octanol–water partition coefficient (Wildman–Crippen LogP) is 2.63. The van der Waals surface area contributed by atoms with Crippen LogP contribution < -0.4 is 14.8 Å². The number of hydrogen-bond acceptors (Lipinski definition) is 5. The van der Waals surface area contributed by atoms with E-state index in [2.05, 4.69) is 15.6 Å². The Morgan fingerprint density at radius 2 is 1.86 bits per heavy atom. The summed E-state index contributed by atoms with van der Waals surface area (Å²) >= 11 is 0. The van der Waals surface area contributed by atoms with Gasteiger partial charge in [-0.05, 0) is 29.8 Å². The first-order chi connectivity index (χ1) is 14.2. The van der Waals surface area contributed by atoms with Gasteiger partial charge in [0.1, 0.15) is 23.8 Å². The van der Waals surface area contributed by atoms with Crippen LogP contribution in [0.2, 0.25) is 0 Å². The number of carbonyl (C=O) groups excluding carboxylic acids is 1. The normalized spacial score (nSPS) is 13.6. The van der Waals surface area contributed by atoms with Gasteiger partial charge in [-0.1, -0.05) is 35.5 Å². The molecule has 29 heavy (non-hydrogen) atoms. The van der Waals surface area contributed by atoms with Crippen molar-refractivity contribution in [3.8, 4) is 11.5 Å². The zero-order valence-electron chi connectivity index (χ0n) is 16.2. The monoisotopic (exact) mass is 393 g/mol. The maximum absolute atomic E-state index is 12.3. The first-order valence-corrected chi connectivity index (χ1v) is 9.45. The molecular weight excluding hydrogens is 370 g/mol. The molecule has 0 saturated carbocycles. The Hall–Kier alpha value is -3.55. The molecule has 8 heteroatoms.